The summed E-state index contributed by atoms with van der Waals surface area (Å²) in [5.74, 6) is -0.204. The quantitative estimate of drug-likeness (QED) is 0.826. The van der Waals surface area contributed by atoms with Gasteiger partial charge < -0.3 is 10.0 Å². The van der Waals surface area contributed by atoms with E-state index in [4.69, 9.17) is 0 Å². The topological polar surface area (TPSA) is 57.6 Å². The van der Waals surface area contributed by atoms with Crippen LogP contribution in [-0.2, 0) is 16.0 Å². The van der Waals surface area contributed by atoms with E-state index in [1.165, 1.54) is 25.7 Å². The molecule has 0 radical (unpaired) electrons. The standard InChI is InChI=1S/C19H25NO3.Ca/c21-18(20-12-15-8-4-5-9-16(15)13-20)11-17(19(22)23)10-14-6-2-1-3-7-14;/h1-3,6-7,15-17H,4-5,8-13H2,(H,22,23);/q;+2. The van der Waals surface area contributed by atoms with E-state index >= 15 is 0 Å². The molecule has 124 valence electrons. The number of carbonyl (C=O) groups excluding carboxylic acids is 1. The number of rotatable bonds is 5. The summed E-state index contributed by atoms with van der Waals surface area (Å²) in [5, 5.41) is 9.46. The Morgan fingerprint density at radius 2 is 1.67 bits per heavy atom. The molecule has 3 unspecified atom stereocenters. The second kappa shape index (κ2) is 9.21. The van der Waals surface area contributed by atoms with Gasteiger partial charge in [0.25, 0.3) is 0 Å². The Balaban J connectivity index is 0.00000208. The minimum Gasteiger partial charge on any atom is -0.481 e. The second-order valence-corrected chi connectivity index (χ2v) is 7.03. The molecule has 0 bridgehead atoms. The van der Waals surface area contributed by atoms with Crippen molar-refractivity contribution in [2.75, 3.05) is 13.1 Å². The molecule has 5 heteroatoms. The molecule has 2 fully saturated rings. The van der Waals surface area contributed by atoms with Crippen molar-refractivity contribution in [3.05, 3.63) is 35.9 Å². The Hall–Kier alpha value is -0.580. The van der Waals surface area contributed by atoms with Crippen molar-refractivity contribution in [2.24, 2.45) is 17.8 Å². The number of likely N-dealkylation sites (tertiary alicyclic amines) is 1. The fourth-order valence-electron chi connectivity index (χ4n) is 4.09. The molecule has 1 N–H and O–H groups in total. The van der Waals surface area contributed by atoms with Gasteiger partial charge in [0.15, 0.2) is 0 Å². The molecule has 24 heavy (non-hydrogen) atoms. The predicted octanol–water partition coefficient (Wildman–Crippen LogP) is 2.59. The molecule has 1 saturated heterocycles. The van der Waals surface area contributed by atoms with Gasteiger partial charge in [0.05, 0.1) is 5.92 Å². The van der Waals surface area contributed by atoms with Gasteiger partial charge in [-0.3, -0.25) is 9.59 Å². The summed E-state index contributed by atoms with van der Waals surface area (Å²) in [6, 6.07) is 9.56. The number of aliphatic carboxylic acids is 1. The molecule has 0 aromatic heterocycles. The molecule has 0 spiro atoms. The molecule has 3 rings (SSSR count). The van der Waals surface area contributed by atoms with E-state index in [9.17, 15) is 14.7 Å². The van der Waals surface area contributed by atoms with E-state index in [2.05, 4.69) is 0 Å². The van der Waals surface area contributed by atoms with Crippen LogP contribution >= 0.6 is 0 Å². The third-order valence-corrected chi connectivity index (χ3v) is 5.42. The summed E-state index contributed by atoms with van der Waals surface area (Å²) >= 11 is 0. The first-order valence-corrected chi connectivity index (χ1v) is 8.68. The number of benzene rings is 1. The Morgan fingerprint density at radius 1 is 1.08 bits per heavy atom. The van der Waals surface area contributed by atoms with Crippen molar-refractivity contribution in [3.63, 3.8) is 0 Å². The van der Waals surface area contributed by atoms with Crippen LogP contribution in [0.1, 0.15) is 37.7 Å². The summed E-state index contributed by atoms with van der Waals surface area (Å²) in [7, 11) is 0. The van der Waals surface area contributed by atoms with E-state index in [0.29, 0.717) is 18.3 Å². The number of carboxylic acid groups (broad SMARTS) is 1. The molecular weight excluding hydrogens is 330 g/mol. The van der Waals surface area contributed by atoms with Gasteiger partial charge in [-0.2, -0.15) is 0 Å². The van der Waals surface area contributed by atoms with Gasteiger partial charge in [0.1, 0.15) is 0 Å². The van der Waals surface area contributed by atoms with Gasteiger partial charge in [0.2, 0.25) is 5.91 Å². The molecule has 1 aliphatic carbocycles. The predicted molar refractivity (Wildman–Crippen MR) is 93.7 cm³/mol. The molecule has 1 aromatic rings. The van der Waals surface area contributed by atoms with Crippen molar-refractivity contribution in [1.29, 1.82) is 0 Å². The van der Waals surface area contributed by atoms with Gasteiger partial charge >= 0.3 is 43.7 Å². The van der Waals surface area contributed by atoms with E-state index in [0.717, 1.165) is 18.7 Å². The molecule has 1 aromatic carbocycles. The molecule has 4 nitrogen and oxygen atoms in total. The van der Waals surface area contributed by atoms with Gasteiger partial charge in [-0.25, -0.2) is 0 Å². The third-order valence-electron chi connectivity index (χ3n) is 5.42. The van der Waals surface area contributed by atoms with E-state index in [-0.39, 0.29) is 50.1 Å². The summed E-state index contributed by atoms with van der Waals surface area (Å²) in [4.78, 5) is 26.0. The molecular formula is C19H25CaNO3+2. The minimum absolute atomic E-state index is 0. The average Bonchev–Trinajstić information content (AvgIpc) is 2.99. The normalized spacial score (nSPS) is 23.9. The minimum atomic E-state index is -0.876. The zero-order chi connectivity index (χ0) is 16.2. The first kappa shape index (κ1) is 19.7. The molecule has 1 aliphatic heterocycles. The third kappa shape index (κ3) is 4.96. The van der Waals surface area contributed by atoms with Crippen LogP contribution in [0.3, 0.4) is 0 Å². The van der Waals surface area contributed by atoms with Crippen LogP contribution in [0, 0.1) is 17.8 Å². The van der Waals surface area contributed by atoms with Crippen LogP contribution in [0.25, 0.3) is 0 Å². The van der Waals surface area contributed by atoms with Crippen molar-refractivity contribution < 1.29 is 14.7 Å². The summed E-state index contributed by atoms with van der Waals surface area (Å²) in [6.45, 7) is 1.67. The second-order valence-electron chi connectivity index (χ2n) is 7.03. The number of carbonyl (C=O) groups is 2. The Morgan fingerprint density at radius 3 is 2.21 bits per heavy atom. The van der Waals surface area contributed by atoms with Gasteiger partial charge in [-0.05, 0) is 36.7 Å². The fourth-order valence-corrected chi connectivity index (χ4v) is 4.09. The molecule has 2 aliphatic rings. The van der Waals surface area contributed by atoms with Gasteiger partial charge in [-0.15, -0.1) is 0 Å². The number of carboxylic acids is 1. The number of hydrogen-bond donors (Lipinski definition) is 1. The van der Waals surface area contributed by atoms with Crippen molar-refractivity contribution in [2.45, 2.75) is 38.5 Å². The molecule has 1 amide bonds. The maximum atomic E-state index is 12.6. The molecule has 3 atom stereocenters. The summed E-state index contributed by atoms with van der Waals surface area (Å²) < 4.78 is 0. The van der Waals surface area contributed by atoms with Crippen molar-refractivity contribution in [1.82, 2.24) is 4.90 Å². The number of fused-ring (bicyclic) bond motifs is 1. The van der Waals surface area contributed by atoms with Crippen LogP contribution in [0.5, 0.6) is 0 Å². The van der Waals surface area contributed by atoms with Crippen LogP contribution in [0.2, 0.25) is 0 Å². The molecule has 1 saturated carbocycles. The van der Waals surface area contributed by atoms with Crippen LogP contribution < -0.4 is 0 Å². The Bertz CT molecular complexity index is 549. The number of amides is 1. The Labute approximate surface area is 173 Å². The zero-order valence-corrected chi connectivity index (χ0v) is 16.4. The fraction of sp³-hybridized carbons (Fsp3) is 0.579. The average molecular weight is 355 g/mol. The largest absolute Gasteiger partial charge is 2.00 e. The first-order chi connectivity index (χ1) is 11.1. The van der Waals surface area contributed by atoms with Crippen molar-refractivity contribution >= 4 is 49.6 Å². The first-order valence-electron chi connectivity index (χ1n) is 8.68. The van der Waals surface area contributed by atoms with E-state index < -0.39 is 11.9 Å². The van der Waals surface area contributed by atoms with E-state index in [1.54, 1.807) is 0 Å². The van der Waals surface area contributed by atoms with Gasteiger partial charge in [0, 0.05) is 19.5 Å². The van der Waals surface area contributed by atoms with Crippen LogP contribution in [0.4, 0.5) is 0 Å². The SMILES string of the molecule is O=C(O)C(CC(=O)N1CC2CCCCC2C1)Cc1ccccc1.[Ca+2]. The Kier molecular flexibility index (Phi) is 7.58. The van der Waals surface area contributed by atoms with Gasteiger partial charge in [-0.1, -0.05) is 43.2 Å². The zero-order valence-electron chi connectivity index (χ0n) is 14.2. The molecule has 1 heterocycles. The van der Waals surface area contributed by atoms with Crippen LogP contribution in [-0.4, -0.2) is 72.7 Å². The van der Waals surface area contributed by atoms with Crippen molar-refractivity contribution in [3.8, 4) is 0 Å². The maximum absolute atomic E-state index is 12.6. The summed E-state index contributed by atoms with van der Waals surface area (Å²) in [6.07, 6.45) is 5.53. The maximum Gasteiger partial charge on any atom is 2.00 e. The number of hydrogen-bond acceptors (Lipinski definition) is 2. The van der Waals surface area contributed by atoms with E-state index in [1.807, 2.05) is 35.2 Å². The smallest absolute Gasteiger partial charge is 0.481 e. The number of nitrogens with zero attached hydrogens (tertiary/aromatic N) is 1. The monoisotopic (exact) mass is 355 g/mol. The van der Waals surface area contributed by atoms with Crippen LogP contribution in [0.15, 0.2) is 30.3 Å². The summed E-state index contributed by atoms with van der Waals surface area (Å²) in [5.41, 5.74) is 0.975.